The van der Waals surface area contributed by atoms with Gasteiger partial charge >= 0.3 is 0 Å². The summed E-state index contributed by atoms with van der Waals surface area (Å²) >= 11 is 0. The van der Waals surface area contributed by atoms with Crippen LogP contribution in [0.3, 0.4) is 0 Å². The molecule has 0 aliphatic carbocycles. The van der Waals surface area contributed by atoms with Crippen LogP contribution in [0.2, 0.25) is 0 Å². The monoisotopic (exact) mass is 321 g/mol. The zero-order chi connectivity index (χ0) is 14.5. The highest BCUT2D eigenvalue weighted by Gasteiger charge is 2.16. The Hall–Kier alpha value is -1.15. The standard InChI is InChI=1S/C12H19N3O3S.ClH/c1-3-9(2)15-19(17,18)11-6-4-5-10(7-11)14-12(16)8-13;/h4-7,9,15H,3,8,13H2,1-2H3,(H,14,16);1H. The maximum Gasteiger partial charge on any atom is 0.240 e. The smallest absolute Gasteiger partial charge is 0.240 e. The van der Waals surface area contributed by atoms with Crippen molar-refractivity contribution in [3.05, 3.63) is 24.3 Å². The van der Waals surface area contributed by atoms with Gasteiger partial charge in [-0.25, -0.2) is 13.1 Å². The molecule has 0 spiro atoms. The molecule has 1 atom stereocenters. The molecule has 0 aromatic heterocycles. The minimum absolute atomic E-state index is 0. The van der Waals surface area contributed by atoms with Crippen molar-refractivity contribution in [1.29, 1.82) is 0 Å². The first-order valence-electron chi connectivity index (χ1n) is 6.01. The van der Waals surface area contributed by atoms with Gasteiger partial charge < -0.3 is 11.1 Å². The Morgan fingerprint density at radius 3 is 2.60 bits per heavy atom. The molecular weight excluding hydrogens is 302 g/mol. The molecule has 0 aliphatic rings. The average Bonchev–Trinajstić information content (AvgIpc) is 2.38. The minimum Gasteiger partial charge on any atom is -0.325 e. The third kappa shape index (κ3) is 5.46. The number of amides is 1. The molecule has 0 aliphatic heterocycles. The maximum atomic E-state index is 12.1. The van der Waals surface area contributed by atoms with E-state index in [9.17, 15) is 13.2 Å². The number of carbonyl (C=O) groups is 1. The molecule has 6 nitrogen and oxygen atoms in total. The second-order valence-electron chi connectivity index (χ2n) is 4.21. The van der Waals surface area contributed by atoms with E-state index >= 15 is 0 Å². The van der Waals surface area contributed by atoms with Crippen LogP contribution < -0.4 is 15.8 Å². The molecule has 4 N–H and O–H groups in total. The van der Waals surface area contributed by atoms with Gasteiger partial charge in [0, 0.05) is 11.7 Å². The summed E-state index contributed by atoms with van der Waals surface area (Å²) in [6, 6.07) is 5.90. The SMILES string of the molecule is CCC(C)NS(=O)(=O)c1cccc(NC(=O)CN)c1.Cl. The number of anilines is 1. The lowest BCUT2D eigenvalue weighted by molar-refractivity contribution is -0.114. The van der Waals surface area contributed by atoms with Gasteiger partial charge in [0.2, 0.25) is 15.9 Å². The molecule has 114 valence electrons. The number of hydrogen-bond acceptors (Lipinski definition) is 4. The molecule has 20 heavy (non-hydrogen) atoms. The molecule has 0 saturated carbocycles. The summed E-state index contributed by atoms with van der Waals surface area (Å²) in [5, 5.41) is 2.52. The van der Waals surface area contributed by atoms with Crippen molar-refractivity contribution in [3.63, 3.8) is 0 Å². The molecule has 0 saturated heterocycles. The lowest BCUT2D eigenvalue weighted by Crippen LogP contribution is -2.32. The number of nitrogens with two attached hydrogens (primary N) is 1. The summed E-state index contributed by atoms with van der Waals surface area (Å²) < 4.78 is 26.7. The first-order valence-corrected chi connectivity index (χ1v) is 7.49. The van der Waals surface area contributed by atoms with Gasteiger partial charge in [0.25, 0.3) is 0 Å². The van der Waals surface area contributed by atoms with Gasteiger partial charge in [0.05, 0.1) is 11.4 Å². The van der Waals surface area contributed by atoms with E-state index in [-0.39, 0.29) is 35.8 Å². The van der Waals surface area contributed by atoms with E-state index in [2.05, 4.69) is 10.0 Å². The molecule has 0 fully saturated rings. The average molecular weight is 322 g/mol. The fourth-order valence-electron chi connectivity index (χ4n) is 1.37. The van der Waals surface area contributed by atoms with Crippen molar-refractivity contribution in [3.8, 4) is 0 Å². The molecule has 1 unspecified atom stereocenters. The van der Waals surface area contributed by atoms with Gasteiger partial charge in [-0.2, -0.15) is 0 Å². The summed E-state index contributed by atoms with van der Waals surface area (Å²) in [7, 11) is -3.57. The Morgan fingerprint density at radius 2 is 2.05 bits per heavy atom. The van der Waals surface area contributed by atoms with Crippen molar-refractivity contribution >= 4 is 34.0 Å². The van der Waals surface area contributed by atoms with E-state index in [1.54, 1.807) is 19.1 Å². The van der Waals surface area contributed by atoms with E-state index in [1.165, 1.54) is 12.1 Å². The van der Waals surface area contributed by atoms with Crippen LogP contribution in [0.15, 0.2) is 29.2 Å². The van der Waals surface area contributed by atoms with Crippen molar-refractivity contribution in [2.24, 2.45) is 5.73 Å². The number of sulfonamides is 1. The Bertz CT molecular complexity index is 549. The van der Waals surface area contributed by atoms with Crippen LogP contribution in [-0.4, -0.2) is 26.9 Å². The second-order valence-corrected chi connectivity index (χ2v) is 5.92. The highest BCUT2D eigenvalue weighted by Crippen LogP contribution is 2.15. The third-order valence-corrected chi connectivity index (χ3v) is 4.17. The topological polar surface area (TPSA) is 101 Å². The fourth-order valence-corrected chi connectivity index (χ4v) is 2.74. The Labute approximate surface area is 125 Å². The van der Waals surface area contributed by atoms with Crippen LogP contribution in [0.4, 0.5) is 5.69 Å². The van der Waals surface area contributed by atoms with E-state index in [0.717, 1.165) is 0 Å². The number of benzene rings is 1. The molecule has 1 amide bonds. The Balaban J connectivity index is 0.00000361. The molecule has 8 heteroatoms. The molecule has 1 aromatic rings. The van der Waals surface area contributed by atoms with Crippen molar-refractivity contribution in [2.75, 3.05) is 11.9 Å². The van der Waals surface area contributed by atoms with Crippen LogP contribution in [0, 0.1) is 0 Å². The number of hydrogen-bond donors (Lipinski definition) is 3. The van der Waals surface area contributed by atoms with Crippen molar-refractivity contribution in [1.82, 2.24) is 4.72 Å². The molecule has 1 aromatic carbocycles. The lowest BCUT2D eigenvalue weighted by Gasteiger charge is -2.13. The van der Waals surface area contributed by atoms with E-state index < -0.39 is 10.0 Å². The van der Waals surface area contributed by atoms with Gasteiger partial charge in [0.1, 0.15) is 0 Å². The van der Waals surface area contributed by atoms with E-state index in [0.29, 0.717) is 12.1 Å². The van der Waals surface area contributed by atoms with E-state index in [4.69, 9.17) is 5.73 Å². The Morgan fingerprint density at radius 1 is 1.40 bits per heavy atom. The van der Waals surface area contributed by atoms with Gasteiger partial charge in [-0.15, -0.1) is 12.4 Å². The molecule has 1 rings (SSSR count). The minimum atomic E-state index is -3.57. The first-order chi connectivity index (χ1) is 8.89. The van der Waals surface area contributed by atoms with Gasteiger partial charge in [-0.3, -0.25) is 4.79 Å². The molecule has 0 radical (unpaired) electrons. The number of nitrogens with one attached hydrogen (secondary N) is 2. The summed E-state index contributed by atoms with van der Waals surface area (Å²) in [5.41, 5.74) is 5.59. The van der Waals surface area contributed by atoms with Crippen molar-refractivity contribution in [2.45, 2.75) is 31.2 Å². The van der Waals surface area contributed by atoms with Crippen LogP contribution in [0.1, 0.15) is 20.3 Å². The highest BCUT2D eigenvalue weighted by molar-refractivity contribution is 7.89. The molecular formula is C12H20ClN3O3S. The maximum absolute atomic E-state index is 12.1. The number of rotatable bonds is 6. The van der Waals surface area contributed by atoms with Gasteiger partial charge in [0.15, 0.2) is 0 Å². The van der Waals surface area contributed by atoms with Crippen LogP contribution >= 0.6 is 12.4 Å². The lowest BCUT2D eigenvalue weighted by atomic mass is 10.3. The van der Waals surface area contributed by atoms with Crippen molar-refractivity contribution < 1.29 is 13.2 Å². The second kappa shape index (κ2) is 8.21. The zero-order valence-electron chi connectivity index (χ0n) is 11.4. The normalized spacial score (nSPS) is 12.3. The predicted molar refractivity (Wildman–Crippen MR) is 81.4 cm³/mol. The highest BCUT2D eigenvalue weighted by atomic mass is 35.5. The number of halogens is 1. The molecule has 0 bridgehead atoms. The summed E-state index contributed by atoms with van der Waals surface area (Å²) in [5.74, 6) is -0.371. The van der Waals surface area contributed by atoms with E-state index in [1.807, 2.05) is 6.92 Å². The zero-order valence-corrected chi connectivity index (χ0v) is 13.1. The summed E-state index contributed by atoms with van der Waals surface area (Å²) in [6.45, 7) is 3.53. The van der Waals surface area contributed by atoms with Crippen LogP contribution in [0.25, 0.3) is 0 Å². The number of carbonyl (C=O) groups excluding carboxylic acids is 1. The fraction of sp³-hybridized carbons (Fsp3) is 0.417. The largest absolute Gasteiger partial charge is 0.325 e. The molecule has 0 heterocycles. The van der Waals surface area contributed by atoms with Crippen LogP contribution in [0.5, 0.6) is 0 Å². The Kier molecular flexibility index (Phi) is 7.74. The van der Waals surface area contributed by atoms with Gasteiger partial charge in [-0.05, 0) is 31.5 Å². The summed E-state index contributed by atoms with van der Waals surface area (Å²) in [4.78, 5) is 11.3. The first kappa shape index (κ1) is 18.9. The third-order valence-electron chi connectivity index (χ3n) is 2.58. The van der Waals surface area contributed by atoms with Gasteiger partial charge in [-0.1, -0.05) is 13.0 Å². The van der Waals surface area contributed by atoms with Crippen LogP contribution in [-0.2, 0) is 14.8 Å². The summed E-state index contributed by atoms with van der Waals surface area (Å²) in [6.07, 6.45) is 0.697. The quantitative estimate of drug-likeness (QED) is 0.729. The predicted octanol–water partition coefficient (Wildman–Crippen LogP) is 1.08.